The Hall–Kier alpha value is -1.51. The van der Waals surface area contributed by atoms with E-state index < -0.39 is 5.41 Å². The summed E-state index contributed by atoms with van der Waals surface area (Å²) in [6.07, 6.45) is 0.796. The summed E-state index contributed by atoms with van der Waals surface area (Å²) in [6, 6.07) is 4.19. The van der Waals surface area contributed by atoms with Gasteiger partial charge in [-0.3, -0.25) is 4.79 Å². The van der Waals surface area contributed by atoms with Crippen molar-refractivity contribution in [3.8, 4) is 5.75 Å². The van der Waals surface area contributed by atoms with E-state index in [4.69, 9.17) is 4.74 Å². The minimum atomic E-state index is -0.482. The van der Waals surface area contributed by atoms with Crippen molar-refractivity contribution < 1.29 is 14.6 Å². The highest BCUT2D eigenvalue weighted by Crippen LogP contribution is 2.36. The summed E-state index contributed by atoms with van der Waals surface area (Å²) in [6.45, 7) is 18.6. The zero-order valence-electron chi connectivity index (χ0n) is 17.5. The maximum atomic E-state index is 12.0. The molecular formula is C22H36O3. The van der Waals surface area contributed by atoms with Crippen LogP contribution in [0, 0.1) is 10.8 Å². The lowest BCUT2D eigenvalue weighted by atomic mass is 9.83. The Kier molecular flexibility index (Phi) is 6.72. The van der Waals surface area contributed by atoms with E-state index in [-0.39, 0.29) is 23.2 Å². The van der Waals surface area contributed by atoms with E-state index in [9.17, 15) is 9.90 Å². The van der Waals surface area contributed by atoms with E-state index in [1.807, 2.05) is 20.8 Å². The molecule has 1 aromatic carbocycles. The number of hydrogen-bond donors (Lipinski definition) is 1. The van der Waals surface area contributed by atoms with Gasteiger partial charge in [-0.05, 0) is 55.7 Å². The average Bonchev–Trinajstić information content (AvgIpc) is 2.44. The maximum Gasteiger partial charge on any atom is 0.311 e. The first-order valence-corrected chi connectivity index (χ1v) is 9.27. The number of carbonyl (C=O) groups is 1. The Balaban J connectivity index is 3.02. The highest BCUT2D eigenvalue weighted by molar-refractivity contribution is 5.75. The van der Waals surface area contributed by atoms with Crippen LogP contribution in [-0.2, 0) is 16.0 Å². The lowest BCUT2D eigenvalue weighted by Gasteiger charge is -2.27. The Morgan fingerprint density at radius 2 is 1.44 bits per heavy atom. The predicted octanol–water partition coefficient (Wildman–Crippen LogP) is 5.80. The minimum absolute atomic E-state index is 0.166. The van der Waals surface area contributed by atoms with Crippen molar-refractivity contribution in [3.63, 3.8) is 0 Å². The van der Waals surface area contributed by atoms with Crippen molar-refractivity contribution >= 4 is 5.97 Å². The van der Waals surface area contributed by atoms with Crippen LogP contribution in [-0.4, -0.2) is 17.7 Å². The summed E-state index contributed by atoms with van der Waals surface area (Å²) in [5.41, 5.74) is 2.51. The van der Waals surface area contributed by atoms with E-state index in [2.05, 4.69) is 53.7 Å². The van der Waals surface area contributed by atoms with E-state index in [1.54, 1.807) is 0 Å². The summed E-state index contributed by atoms with van der Waals surface area (Å²) in [5.74, 6) is 0.779. The Morgan fingerprint density at radius 1 is 1.00 bits per heavy atom. The lowest BCUT2D eigenvalue weighted by Crippen LogP contribution is -2.29. The molecule has 0 bridgehead atoms. The highest BCUT2D eigenvalue weighted by atomic mass is 16.5. The molecule has 0 unspecified atom stereocenters. The molecular weight excluding hydrogens is 312 g/mol. The molecule has 1 N–H and O–H groups in total. The average molecular weight is 349 g/mol. The molecule has 3 nitrogen and oxygen atoms in total. The molecule has 0 spiro atoms. The number of benzene rings is 1. The molecule has 0 heterocycles. The minimum Gasteiger partial charge on any atom is -0.507 e. The topological polar surface area (TPSA) is 46.5 Å². The van der Waals surface area contributed by atoms with Crippen molar-refractivity contribution in [1.82, 2.24) is 0 Å². The molecule has 0 aliphatic carbocycles. The predicted molar refractivity (Wildman–Crippen MR) is 104 cm³/mol. The molecule has 0 fully saturated rings. The van der Waals surface area contributed by atoms with Crippen LogP contribution < -0.4 is 0 Å². The van der Waals surface area contributed by atoms with Gasteiger partial charge in [0, 0.05) is 5.41 Å². The molecule has 3 heteroatoms. The van der Waals surface area contributed by atoms with Crippen molar-refractivity contribution in [2.75, 3.05) is 6.61 Å². The smallest absolute Gasteiger partial charge is 0.311 e. The summed E-state index contributed by atoms with van der Waals surface area (Å²) in [7, 11) is 0. The molecule has 0 aliphatic rings. The lowest BCUT2D eigenvalue weighted by molar-refractivity contribution is -0.156. The molecule has 0 aliphatic heterocycles. The van der Waals surface area contributed by atoms with Gasteiger partial charge in [-0.2, -0.15) is 0 Å². The number of esters is 1. The molecule has 1 rings (SSSR count). The van der Waals surface area contributed by atoms with Gasteiger partial charge >= 0.3 is 5.97 Å². The quantitative estimate of drug-likeness (QED) is 0.661. The number of carbonyl (C=O) groups excluding carboxylic acids is 1. The highest BCUT2D eigenvalue weighted by Gasteiger charge is 2.28. The molecule has 0 radical (unpaired) electrons. The summed E-state index contributed by atoms with van der Waals surface area (Å²) < 4.78 is 5.53. The fourth-order valence-corrected chi connectivity index (χ4v) is 2.81. The number of ether oxygens (including phenoxy) is 1. The van der Waals surface area contributed by atoms with Crippen LogP contribution in [0.25, 0.3) is 0 Å². The van der Waals surface area contributed by atoms with Crippen molar-refractivity contribution in [2.24, 2.45) is 10.8 Å². The zero-order valence-corrected chi connectivity index (χ0v) is 17.5. The van der Waals surface area contributed by atoms with Crippen molar-refractivity contribution in [3.05, 3.63) is 28.8 Å². The van der Waals surface area contributed by atoms with Crippen LogP contribution in [0.1, 0.15) is 90.8 Å². The Morgan fingerprint density at radius 3 is 1.80 bits per heavy atom. The first kappa shape index (κ1) is 21.5. The fourth-order valence-electron chi connectivity index (χ4n) is 2.81. The van der Waals surface area contributed by atoms with Crippen molar-refractivity contribution in [2.45, 2.75) is 80.6 Å². The van der Waals surface area contributed by atoms with Crippen LogP contribution in [0.15, 0.2) is 12.1 Å². The van der Waals surface area contributed by atoms with Gasteiger partial charge in [0.2, 0.25) is 0 Å². The summed E-state index contributed by atoms with van der Waals surface area (Å²) in [4.78, 5) is 12.0. The SMILES string of the molecule is CC(C)c1cc(CC(C)(C)COC(=O)C(C)(C)C)cc(C(C)C)c1O. The van der Waals surface area contributed by atoms with Gasteiger partial charge in [0.05, 0.1) is 12.0 Å². The molecule has 0 amide bonds. The van der Waals surface area contributed by atoms with Gasteiger partial charge in [-0.25, -0.2) is 0 Å². The third-order valence-electron chi connectivity index (χ3n) is 4.36. The number of aromatic hydroxyl groups is 1. The molecule has 0 saturated carbocycles. The second-order valence-corrected chi connectivity index (χ2v) is 9.60. The van der Waals surface area contributed by atoms with E-state index >= 15 is 0 Å². The molecule has 142 valence electrons. The first-order chi connectivity index (χ1) is 11.2. The molecule has 25 heavy (non-hydrogen) atoms. The van der Waals surface area contributed by atoms with Crippen LogP contribution in [0.5, 0.6) is 5.75 Å². The monoisotopic (exact) mass is 348 g/mol. The number of hydrogen-bond acceptors (Lipinski definition) is 3. The van der Waals surface area contributed by atoms with Gasteiger partial charge in [0.25, 0.3) is 0 Å². The molecule has 1 aromatic rings. The van der Waals surface area contributed by atoms with Crippen LogP contribution in [0.3, 0.4) is 0 Å². The van der Waals surface area contributed by atoms with Crippen LogP contribution in [0.2, 0.25) is 0 Å². The number of phenols is 1. The molecule has 0 aromatic heterocycles. The Bertz CT molecular complexity index is 575. The zero-order chi connectivity index (χ0) is 19.6. The van der Waals surface area contributed by atoms with Crippen molar-refractivity contribution in [1.29, 1.82) is 0 Å². The standard InChI is InChI=1S/C22H36O3/c1-14(2)17-10-16(11-18(15(3)4)19(17)23)12-22(8,9)13-25-20(24)21(5,6)7/h10-11,14-15,23H,12-13H2,1-9H3. The summed E-state index contributed by atoms with van der Waals surface area (Å²) >= 11 is 0. The third kappa shape index (κ3) is 6.05. The molecule has 0 saturated heterocycles. The number of phenolic OH excluding ortho intramolecular Hbond substituents is 1. The van der Waals surface area contributed by atoms with Gasteiger partial charge in [-0.1, -0.05) is 53.7 Å². The van der Waals surface area contributed by atoms with Crippen LogP contribution >= 0.6 is 0 Å². The fraction of sp³-hybridized carbons (Fsp3) is 0.682. The Labute approximate surface area is 153 Å². The van der Waals surface area contributed by atoms with Crippen LogP contribution in [0.4, 0.5) is 0 Å². The second-order valence-electron chi connectivity index (χ2n) is 9.60. The van der Waals surface area contributed by atoms with Gasteiger partial charge < -0.3 is 9.84 Å². The maximum absolute atomic E-state index is 12.0. The summed E-state index contributed by atoms with van der Waals surface area (Å²) in [5, 5.41) is 10.5. The first-order valence-electron chi connectivity index (χ1n) is 9.27. The number of rotatable bonds is 6. The third-order valence-corrected chi connectivity index (χ3v) is 4.36. The largest absolute Gasteiger partial charge is 0.507 e. The van der Waals surface area contributed by atoms with Gasteiger partial charge in [-0.15, -0.1) is 0 Å². The van der Waals surface area contributed by atoms with E-state index in [0.717, 1.165) is 17.5 Å². The normalized spacial score (nSPS) is 12.8. The second kappa shape index (κ2) is 7.80. The van der Waals surface area contributed by atoms with E-state index in [1.165, 1.54) is 5.56 Å². The van der Waals surface area contributed by atoms with E-state index in [0.29, 0.717) is 12.4 Å². The van der Waals surface area contributed by atoms with Gasteiger partial charge in [0.15, 0.2) is 0 Å². The molecule has 0 atom stereocenters. The van der Waals surface area contributed by atoms with Gasteiger partial charge in [0.1, 0.15) is 5.75 Å².